The Bertz CT molecular complexity index is 1330. The molecule has 2 aliphatic rings. The summed E-state index contributed by atoms with van der Waals surface area (Å²) >= 11 is 6.13. The van der Waals surface area contributed by atoms with E-state index in [-0.39, 0.29) is 11.5 Å². The van der Waals surface area contributed by atoms with Crippen LogP contribution in [0.3, 0.4) is 0 Å². The first-order valence-corrected chi connectivity index (χ1v) is 13.8. The molecule has 0 spiro atoms. The van der Waals surface area contributed by atoms with Gasteiger partial charge in [-0.3, -0.25) is 4.79 Å². The summed E-state index contributed by atoms with van der Waals surface area (Å²) < 4.78 is 43.7. The number of nitrogens with one attached hydrogen (secondary N) is 1. The Morgan fingerprint density at radius 2 is 1.69 bits per heavy atom. The van der Waals surface area contributed by atoms with Crippen molar-refractivity contribution in [2.75, 3.05) is 5.32 Å². The summed E-state index contributed by atoms with van der Waals surface area (Å²) in [5.41, 5.74) is 1.58. The van der Waals surface area contributed by atoms with Gasteiger partial charge in [0.1, 0.15) is 0 Å². The van der Waals surface area contributed by atoms with Crippen LogP contribution in [0.1, 0.15) is 85.2 Å². The fraction of sp³-hybridized carbons (Fsp3) is 0.448. The number of nitrogens with zero attached hydrogens (tertiary/aromatic N) is 2. The number of aliphatic hydroxyl groups excluding tert-OH is 1. The Morgan fingerprint density at radius 1 is 1.00 bits per heavy atom. The second kappa shape index (κ2) is 11.3. The molecule has 0 radical (unpaired) electrons. The summed E-state index contributed by atoms with van der Waals surface area (Å²) in [6, 6.07) is 10.1. The number of aliphatic hydroxyl groups is 2. The summed E-state index contributed by atoms with van der Waals surface area (Å²) in [6.45, 7) is 0. The number of carbonyl (C=O) groups is 1. The highest BCUT2D eigenvalue weighted by molar-refractivity contribution is 6.30. The van der Waals surface area contributed by atoms with Crippen LogP contribution in [0.5, 0.6) is 0 Å². The van der Waals surface area contributed by atoms with Gasteiger partial charge in [0.05, 0.1) is 34.2 Å². The normalized spacial score (nSPS) is 17.2. The van der Waals surface area contributed by atoms with Gasteiger partial charge in [-0.05, 0) is 86.4 Å². The van der Waals surface area contributed by atoms with E-state index in [1.54, 1.807) is 16.8 Å². The molecule has 2 aromatic carbocycles. The Morgan fingerprint density at radius 3 is 2.36 bits per heavy atom. The number of carbonyl (C=O) groups excluding carboxylic acids is 1. The van der Waals surface area contributed by atoms with Crippen molar-refractivity contribution in [3.8, 4) is 5.69 Å². The van der Waals surface area contributed by atoms with Crippen LogP contribution in [0.25, 0.3) is 5.69 Å². The zero-order chi connectivity index (χ0) is 27.7. The number of benzene rings is 2. The number of rotatable bonds is 6. The van der Waals surface area contributed by atoms with E-state index in [2.05, 4.69) is 5.32 Å². The average Bonchev–Trinajstić information content (AvgIpc) is 3.28. The van der Waals surface area contributed by atoms with E-state index in [9.17, 15) is 28.2 Å². The molecule has 3 N–H and O–H groups in total. The van der Waals surface area contributed by atoms with E-state index in [1.165, 1.54) is 6.07 Å². The number of aromatic nitrogens is 2. The van der Waals surface area contributed by atoms with Gasteiger partial charge in [-0.2, -0.15) is 18.3 Å². The lowest BCUT2D eigenvalue weighted by atomic mass is 9.76. The molecule has 0 saturated heterocycles. The number of halogens is 4. The van der Waals surface area contributed by atoms with Crippen LogP contribution in [-0.4, -0.2) is 25.9 Å². The van der Waals surface area contributed by atoms with Crippen molar-refractivity contribution in [2.24, 2.45) is 5.92 Å². The second-order valence-corrected chi connectivity index (χ2v) is 10.9. The van der Waals surface area contributed by atoms with Gasteiger partial charge in [-0.1, -0.05) is 36.9 Å². The van der Waals surface area contributed by atoms with Gasteiger partial charge in [0.25, 0.3) is 0 Å². The van der Waals surface area contributed by atoms with Crippen molar-refractivity contribution in [3.63, 3.8) is 0 Å². The van der Waals surface area contributed by atoms with Gasteiger partial charge in [0.2, 0.25) is 5.91 Å². The minimum atomic E-state index is -4.81. The quantitative estimate of drug-likeness (QED) is 0.292. The number of alkyl halides is 3. The molecule has 39 heavy (non-hydrogen) atoms. The van der Waals surface area contributed by atoms with Gasteiger partial charge in [-0.15, -0.1) is 0 Å². The van der Waals surface area contributed by atoms with Crippen LogP contribution in [0.2, 0.25) is 5.02 Å². The van der Waals surface area contributed by atoms with Crippen molar-refractivity contribution in [3.05, 3.63) is 75.6 Å². The van der Waals surface area contributed by atoms with Crippen LogP contribution >= 0.6 is 11.6 Å². The molecule has 1 saturated carbocycles. The number of amides is 1. The third-order valence-electron chi connectivity index (χ3n) is 7.87. The molecule has 2 aliphatic carbocycles. The highest BCUT2D eigenvalue weighted by atomic mass is 35.5. The van der Waals surface area contributed by atoms with Crippen molar-refractivity contribution >= 4 is 23.2 Å². The topological polar surface area (TPSA) is 87.4 Å². The number of hydrogen-bond donors (Lipinski definition) is 3. The highest BCUT2D eigenvalue weighted by Gasteiger charge is 2.40. The summed E-state index contributed by atoms with van der Waals surface area (Å²) in [7, 11) is 0. The van der Waals surface area contributed by atoms with Crippen LogP contribution in [0.4, 0.5) is 18.9 Å². The first-order chi connectivity index (χ1) is 18.6. The number of fused-ring (bicyclic) bond motifs is 1. The largest absolute Gasteiger partial charge is 0.418 e. The van der Waals surface area contributed by atoms with Crippen LogP contribution in [0.15, 0.2) is 42.5 Å². The summed E-state index contributed by atoms with van der Waals surface area (Å²) in [6.07, 6.45) is 1.14. The van der Waals surface area contributed by atoms with E-state index in [1.807, 2.05) is 12.1 Å². The van der Waals surface area contributed by atoms with Crippen molar-refractivity contribution in [2.45, 2.75) is 76.2 Å². The molecule has 1 unspecified atom stereocenters. The SMILES string of the molecule is O=C(Nc1ccc(C(O)O)cc1C(F)(F)F)C(c1c2c(nn1-c1ccc(Cl)cc1)CCCC2)C1CCCCC1. The fourth-order valence-corrected chi connectivity index (χ4v) is 6.11. The van der Waals surface area contributed by atoms with Crippen molar-refractivity contribution in [1.82, 2.24) is 9.78 Å². The lowest BCUT2D eigenvalue weighted by Gasteiger charge is -2.31. The molecular formula is C29H31ClF3N3O3. The molecule has 10 heteroatoms. The van der Waals surface area contributed by atoms with Gasteiger partial charge < -0.3 is 15.5 Å². The minimum absolute atomic E-state index is 0.0552. The van der Waals surface area contributed by atoms with Gasteiger partial charge >= 0.3 is 6.18 Å². The summed E-state index contributed by atoms with van der Waals surface area (Å²) in [5.74, 6) is -1.28. The maximum atomic E-state index is 14.1. The van der Waals surface area contributed by atoms with E-state index in [4.69, 9.17) is 16.7 Å². The average molecular weight is 562 g/mol. The molecule has 0 bridgehead atoms. The van der Waals surface area contributed by atoms with Gasteiger partial charge in [0, 0.05) is 10.6 Å². The second-order valence-electron chi connectivity index (χ2n) is 10.4. The molecule has 6 nitrogen and oxygen atoms in total. The van der Waals surface area contributed by atoms with E-state index < -0.39 is 35.5 Å². The maximum absolute atomic E-state index is 14.1. The Labute approximate surface area is 229 Å². The lowest BCUT2D eigenvalue weighted by molar-refractivity contribution is -0.137. The maximum Gasteiger partial charge on any atom is 0.418 e. The first-order valence-electron chi connectivity index (χ1n) is 13.4. The minimum Gasteiger partial charge on any atom is -0.364 e. The monoisotopic (exact) mass is 561 g/mol. The smallest absolute Gasteiger partial charge is 0.364 e. The van der Waals surface area contributed by atoms with Gasteiger partial charge in [0.15, 0.2) is 6.29 Å². The lowest BCUT2D eigenvalue weighted by Crippen LogP contribution is -2.32. The van der Waals surface area contributed by atoms with Gasteiger partial charge in [-0.25, -0.2) is 4.68 Å². The van der Waals surface area contributed by atoms with E-state index in [0.29, 0.717) is 11.1 Å². The standard InChI is InChI=1S/C29H31ClF3N3O3/c30-19-11-13-20(14-12-19)36-26(21-8-4-5-9-23(21)35-36)25(17-6-2-1-3-7-17)27(37)34-24-15-10-18(28(38)39)16-22(24)29(31,32)33/h10-17,25,28,38-39H,1-9H2,(H,34,37). The number of anilines is 1. The third kappa shape index (κ3) is 5.85. The molecule has 1 amide bonds. The predicted molar refractivity (Wildman–Crippen MR) is 142 cm³/mol. The highest BCUT2D eigenvalue weighted by Crippen LogP contribution is 2.43. The van der Waals surface area contributed by atoms with E-state index in [0.717, 1.165) is 86.5 Å². The van der Waals surface area contributed by atoms with Crippen LogP contribution in [-0.2, 0) is 23.8 Å². The molecular weight excluding hydrogens is 531 g/mol. The molecule has 1 atom stereocenters. The number of hydrogen-bond acceptors (Lipinski definition) is 4. The van der Waals surface area contributed by atoms with Crippen molar-refractivity contribution in [1.29, 1.82) is 0 Å². The summed E-state index contributed by atoms with van der Waals surface area (Å²) in [4.78, 5) is 14.1. The molecule has 3 aromatic rings. The molecule has 208 valence electrons. The zero-order valence-electron chi connectivity index (χ0n) is 21.3. The predicted octanol–water partition coefficient (Wildman–Crippen LogP) is 6.71. The molecule has 5 rings (SSSR count). The Balaban J connectivity index is 1.61. The molecule has 1 fully saturated rings. The third-order valence-corrected chi connectivity index (χ3v) is 8.12. The molecule has 0 aliphatic heterocycles. The Kier molecular flexibility index (Phi) is 8.03. The van der Waals surface area contributed by atoms with E-state index >= 15 is 0 Å². The van der Waals surface area contributed by atoms with Crippen LogP contribution in [0, 0.1) is 5.92 Å². The first kappa shape index (κ1) is 27.7. The van der Waals surface area contributed by atoms with Crippen LogP contribution < -0.4 is 5.32 Å². The molecule has 1 heterocycles. The number of aryl methyl sites for hydroxylation is 1. The molecule has 1 aromatic heterocycles. The Hall–Kier alpha value is -2.88. The van der Waals surface area contributed by atoms with Crippen molar-refractivity contribution < 1.29 is 28.2 Å². The fourth-order valence-electron chi connectivity index (χ4n) is 5.98. The zero-order valence-corrected chi connectivity index (χ0v) is 22.1. The summed E-state index contributed by atoms with van der Waals surface area (Å²) in [5, 5.41) is 26.9.